The van der Waals surface area contributed by atoms with Crippen LogP contribution in [0.4, 0.5) is 5.69 Å². The third kappa shape index (κ3) is 4.82. The molecular weight excluding hydrogens is 456 g/mol. The summed E-state index contributed by atoms with van der Waals surface area (Å²) in [5, 5.41) is 3.00. The number of amides is 1. The fourth-order valence-electron chi connectivity index (χ4n) is 3.60. The molecule has 0 unspecified atom stereocenters. The smallest absolute Gasteiger partial charge is 0.243 e. The van der Waals surface area contributed by atoms with Crippen LogP contribution in [0.25, 0.3) is 0 Å². The Morgan fingerprint density at radius 1 is 1.17 bits per heavy atom. The summed E-state index contributed by atoms with van der Waals surface area (Å²) >= 11 is 3.46. The molecule has 1 N–H and O–H groups in total. The van der Waals surface area contributed by atoms with Crippen molar-refractivity contribution >= 4 is 37.5 Å². The van der Waals surface area contributed by atoms with Gasteiger partial charge in [-0.05, 0) is 74.2 Å². The zero-order valence-electron chi connectivity index (χ0n) is 16.7. The Morgan fingerprint density at radius 3 is 2.38 bits per heavy atom. The van der Waals surface area contributed by atoms with E-state index < -0.39 is 10.0 Å². The number of nitrogens with one attached hydrogen (secondary N) is 1. The lowest BCUT2D eigenvalue weighted by molar-refractivity contribution is -0.120. The van der Waals surface area contributed by atoms with Gasteiger partial charge in [0.25, 0.3) is 0 Å². The number of hydrogen-bond acceptors (Lipinski definition) is 4. The van der Waals surface area contributed by atoms with Crippen LogP contribution in [0.2, 0.25) is 0 Å². The molecule has 1 heterocycles. The number of hydrogen-bond donors (Lipinski definition) is 1. The molecule has 29 heavy (non-hydrogen) atoms. The van der Waals surface area contributed by atoms with Crippen LogP contribution in [-0.2, 0) is 14.8 Å². The molecule has 0 bridgehead atoms. The number of carbonyl (C=O) groups is 1. The first-order chi connectivity index (χ1) is 13.7. The van der Waals surface area contributed by atoms with E-state index in [1.54, 1.807) is 12.1 Å². The summed E-state index contributed by atoms with van der Waals surface area (Å²) in [6.45, 7) is 4.46. The van der Waals surface area contributed by atoms with Crippen molar-refractivity contribution in [2.75, 3.05) is 25.5 Å². The van der Waals surface area contributed by atoms with Crippen LogP contribution in [0.15, 0.2) is 45.8 Å². The molecule has 1 amide bonds. The Hall–Kier alpha value is -1.90. The third-order valence-electron chi connectivity index (χ3n) is 5.20. The summed E-state index contributed by atoms with van der Waals surface area (Å²) in [6, 6.07) is 10.2. The average Bonchev–Trinajstić information content (AvgIpc) is 2.70. The first-order valence-electron chi connectivity index (χ1n) is 9.44. The molecular formula is C21H25BrN2O4S. The van der Waals surface area contributed by atoms with Crippen molar-refractivity contribution in [1.82, 2.24) is 4.31 Å². The van der Waals surface area contributed by atoms with Gasteiger partial charge in [0, 0.05) is 23.2 Å². The first kappa shape index (κ1) is 21.8. The fourth-order valence-corrected chi connectivity index (χ4v) is 5.82. The molecule has 1 aliphatic heterocycles. The Morgan fingerprint density at radius 2 is 1.79 bits per heavy atom. The predicted octanol–water partition coefficient (Wildman–Crippen LogP) is 4.11. The fraction of sp³-hybridized carbons (Fsp3) is 0.381. The maximum atomic E-state index is 13.0. The molecule has 8 heteroatoms. The maximum absolute atomic E-state index is 13.0. The van der Waals surface area contributed by atoms with E-state index >= 15 is 0 Å². The molecule has 0 radical (unpaired) electrons. The quantitative estimate of drug-likeness (QED) is 0.698. The zero-order valence-corrected chi connectivity index (χ0v) is 19.1. The second kappa shape index (κ2) is 8.85. The second-order valence-electron chi connectivity index (χ2n) is 7.28. The van der Waals surface area contributed by atoms with Gasteiger partial charge in [-0.15, -0.1) is 0 Å². The highest BCUT2D eigenvalue weighted by molar-refractivity contribution is 9.10. The molecule has 1 atom stereocenters. The number of carbonyl (C=O) groups excluding carboxylic acids is 1. The molecule has 2 aromatic carbocycles. The van der Waals surface area contributed by atoms with Gasteiger partial charge < -0.3 is 10.1 Å². The standard InChI is InChI=1S/C21H25BrN2O4S/c1-14-11-17(22)12-15(2)20(14)23-21(25)16-5-4-10-24(13-16)29(26,27)19-8-6-18(28-3)7-9-19/h6-9,11-12,16H,4-5,10,13H2,1-3H3,(H,23,25)/t16-/m1/s1. The van der Waals surface area contributed by atoms with Crippen molar-refractivity contribution < 1.29 is 17.9 Å². The van der Waals surface area contributed by atoms with E-state index in [1.807, 2.05) is 26.0 Å². The Balaban J connectivity index is 1.75. The normalized spacial score (nSPS) is 17.7. The van der Waals surface area contributed by atoms with Crippen LogP contribution in [-0.4, -0.2) is 38.8 Å². The topological polar surface area (TPSA) is 75.7 Å². The van der Waals surface area contributed by atoms with Crippen LogP contribution in [0.5, 0.6) is 5.75 Å². The number of ether oxygens (including phenoxy) is 1. The Kier molecular flexibility index (Phi) is 6.65. The third-order valence-corrected chi connectivity index (χ3v) is 7.53. The van der Waals surface area contributed by atoms with E-state index in [-0.39, 0.29) is 23.3 Å². The summed E-state index contributed by atoms with van der Waals surface area (Å²) < 4.78 is 33.5. The minimum absolute atomic E-state index is 0.145. The largest absolute Gasteiger partial charge is 0.497 e. The molecule has 1 aliphatic rings. The van der Waals surface area contributed by atoms with E-state index in [0.717, 1.165) is 21.3 Å². The highest BCUT2D eigenvalue weighted by Gasteiger charge is 2.33. The van der Waals surface area contributed by atoms with Gasteiger partial charge in [0.1, 0.15) is 5.75 Å². The van der Waals surface area contributed by atoms with Crippen molar-refractivity contribution in [2.45, 2.75) is 31.6 Å². The molecule has 1 saturated heterocycles. The number of methoxy groups -OCH3 is 1. The molecule has 6 nitrogen and oxygen atoms in total. The summed E-state index contributed by atoms with van der Waals surface area (Å²) in [4.78, 5) is 13.1. The van der Waals surface area contributed by atoms with E-state index in [4.69, 9.17) is 4.74 Å². The van der Waals surface area contributed by atoms with Crippen molar-refractivity contribution in [3.05, 3.63) is 52.0 Å². The summed E-state index contributed by atoms with van der Waals surface area (Å²) in [7, 11) is -2.12. The number of piperidine rings is 1. The van der Waals surface area contributed by atoms with Crippen LogP contribution in [0.3, 0.4) is 0 Å². The van der Waals surface area contributed by atoms with Crippen LogP contribution < -0.4 is 10.1 Å². The van der Waals surface area contributed by atoms with E-state index in [1.165, 1.54) is 23.5 Å². The van der Waals surface area contributed by atoms with Gasteiger partial charge in [-0.25, -0.2) is 8.42 Å². The Labute approximate surface area is 180 Å². The number of benzene rings is 2. The molecule has 156 valence electrons. The molecule has 0 aliphatic carbocycles. The van der Waals surface area contributed by atoms with Crippen molar-refractivity contribution in [1.29, 1.82) is 0 Å². The minimum Gasteiger partial charge on any atom is -0.497 e. The minimum atomic E-state index is -3.66. The predicted molar refractivity (Wildman–Crippen MR) is 117 cm³/mol. The lowest BCUT2D eigenvalue weighted by atomic mass is 9.98. The first-order valence-corrected chi connectivity index (χ1v) is 11.7. The highest BCUT2D eigenvalue weighted by atomic mass is 79.9. The second-order valence-corrected chi connectivity index (χ2v) is 10.1. The molecule has 2 aromatic rings. The van der Waals surface area contributed by atoms with Gasteiger partial charge in [0.2, 0.25) is 15.9 Å². The van der Waals surface area contributed by atoms with Crippen molar-refractivity contribution in [3.63, 3.8) is 0 Å². The highest BCUT2D eigenvalue weighted by Crippen LogP contribution is 2.28. The summed E-state index contributed by atoms with van der Waals surface area (Å²) in [5.41, 5.74) is 2.71. The number of rotatable bonds is 5. The SMILES string of the molecule is COc1ccc(S(=O)(=O)N2CCC[C@@H](C(=O)Nc3c(C)cc(Br)cc3C)C2)cc1. The molecule has 0 spiro atoms. The van der Waals surface area contributed by atoms with Crippen LogP contribution >= 0.6 is 15.9 Å². The number of nitrogens with zero attached hydrogens (tertiary/aromatic N) is 1. The summed E-state index contributed by atoms with van der Waals surface area (Å²) in [6.07, 6.45) is 1.31. The molecule has 3 rings (SSSR count). The maximum Gasteiger partial charge on any atom is 0.243 e. The lowest BCUT2D eigenvalue weighted by Crippen LogP contribution is -2.43. The molecule has 1 fully saturated rings. The summed E-state index contributed by atoms with van der Waals surface area (Å²) in [5.74, 6) is 0.0625. The lowest BCUT2D eigenvalue weighted by Gasteiger charge is -2.31. The van der Waals surface area contributed by atoms with E-state index in [0.29, 0.717) is 25.1 Å². The number of aryl methyl sites for hydroxylation is 2. The monoisotopic (exact) mass is 480 g/mol. The molecule has 0 saturated carbocycles. The van der Waals surface area contributed by atoms with E-state index in [2.05, 4.69) is 21.2 Å². The Bertz CT molecular complexity index is 983. The van der Waals surface area contributed by atoms with Gasteiger partial charge in [-0.3, -0.25) is 4.79 Å². The zero-order chi connectivity index (χ0) is 21.2. The number of halogens is 1. The molecule has 0 aromatic heterocycles. The van der Waals surface area contributed by atoms with Gasteiger partial charge in [0.15, 0.2) is 0 Å². The van der Waals surface area contributed by atoms with E-state index in [9.17, 15) is 13.2 Å². The van der Waals surface area contributed by atoms with Gasteiger partial charge in [-0.1, -0.05) is 15.9 Å². The number of sulfonamides is 1. The van der Waals surface area contributed by atoms with Gasteiger partial charge in [-0.2, -0.15) is 4.31 Å². The van der Waals surface area contributed by atoms with Crippen LogP contribution in [0, 0.1) is 19.8 Å². The van der Waals surface area contributed by atoms with Crippen molar-refractivity contribution in [3.8, 4) is 5.75 Å². The number of anilines is 1. The van der Waals surface area contributed by atoms with Gasteiger partial charge in [0.05, 0.1) is 17.9 Å². The average molecular weight is 481 g/mol. The van der Waals surface area contributed by atoms with Crippen molar-refractivity contribution in [2.24, 2.45) is 5.92 Å². The van der Waals surface area contributed by atoms with Crippen LogP contribution in [0.1, 0.15) is 24.0 Å². The van der Waals surface area contributed by atoms with Gasteiger partial charge >= 0.3 is 0 Å².